The Morgan fingerprint density at radius 1 is 1.10 bits per heavy atom. The van der Waals surface area contributed by atoms with Gasteiger partial charge in [0.25, 0.3) is 0 Å². The molecule has 3 heteroatoms. The van der Waals surface area contributed by atoms with E-state index in [0.717, 1.165) is 23.4 Å². The fourth-order valence-electron chi connectivity index (χ4n) is 2.71. The summed E-state index contributed by atoms with van der Waals surface area (Å²) in [5.74, 6) is 0.442. The predicted molar refractivity (Wildman–Crippen MR) is 80.5 cm³/mol. The number of rotatable bonds is 4. The van der Waals surface area contributed by atoms with Crippen LogP contribution in [0.15, 0.2) is 48.5 Å². The molecule has 3 rings (SSSR count). The summed E-state index contributed by atoms with van der Waals surface area (Å²) >= 11 is 6.01. The summed E-state index contributed by atoms with van der Waals surface area (Å²) in [7, 11) is 0. The van der Waals surface area contributed by atoms with Gasteiger partial charge >= 0.3 is 0 Å². The van der Waals surface area contributed by atoms with E-state index in [2.05, 4.69) is 11.4 Å². The SMILES string of the molecule is Fc1ccccc1CNC1CC(c2cccc(Cl)c2)C1. The van der Waals surface area contributed by atoms with Crippen molar-refractivity contribution in [1.82, 2.24) is 5.32 Å². The van der Waals surface area contributed by atoms with Gasteiger partial charge in [-0.05, 0) is 42.5 Å². The Labute approximate surface area is 123 Å². The average Bonchev–Trinajstić information content (AvgIpc) is 2.39. The minimum atomic E-state index is -0.134. The van der Waals surface area contributed by atoms with E-state index < -0.39 is 0 Å². The Morgan fingerprint density at radius 3 is 2.65 bits per heavy atom. The minimum absolute atomic E-state index is 0.134. The van der Waals surface area contributed by atoms with E-state index >= 15 is 0 Å². The largest absolute Gasteiger partial charge is 0.310 e. The van der Waals surface area contributed by atoms with E-state index in [4.69, 9.17) is 11.6 Å². The topological polar surface area (TPSA) is 12.0 Å². The van der Waals surface area contributed by atoms with Crippen molar-refractivity contribution in [3.05, 3.63) is 70.5 Å². The molecule has 2 aromatic rings. The molecule has 1 nitrogen and oxygen atoms in total. The zero-order chi connectivity index (χ0) is 13.9. The lowest BCUT2D eigenvalue weighted by molar-refractivity contribution is 0.288. The fraction of sp³-hybridized carbons (Fsp3) is 0.294. The molecular formula is C17H17ClFN. The van der Waals surface area contributed by atoms with Crippen LogP contribution in [-0.4, -0.2) is 6.04 Å². The Kier molecular flexibility index (Phi) is 4.04. The van der Waals surface area contributed by atoms with Gasteiger partial charge in [-0.15, -0.1) is 0 Å². The van der Waals surface area contributed by atoms with Gasteiger partial charge in [0.1, 0.15) is 5.82 Å². The highest BCUT2D eigenvalue weighted by molar-refractivity contribution is 6.30. The van der Waals surface area contributed by atoms with Gasteiger partial charge in [0.15, 0.2) is 0 Å². The second kappa shape index (κ2) is 5.94. The van der Waals surface area contributed by atoms with Crippen molar-refractivity contribution >= 4 is 11.6 Å². The second-order valence-electron chi connectivity index (χ2n) is 5.39. The molecule has 20 heavy (non-hydrogen) atoms. The summed E-state index contributed by atoms with van der Waals surface area (Å²) in [5, 5.41) is 4.21. The van der Waals surface area contributed by atoms with Crippen LogP contribution in [0.1, 0.15) is 29.9 Å². The van der Waals surface area contributed by atoms with Crippen molar-refractivity contribution in [2.75, 3.05) is 0 Å². The van der Waals surface area contributed by atoms with E-state index in [-0.39, 0.29) is 5.82 Å². The summed E-state index contributed by atoms with van der Waals surface area (Å²) in [6.07, 6.45) is 2.18. The van der Waals surface area contributed by atoms with E-state index in [0.29, 0.717) is 18.5 Å². The third kappa shape index (κ3) is 3.02. The van der Waals surface area contributed by atoms with Gasteiger partial charge in [0.05, 0.1) is 0 Å². The van der Waals surface area contributed by atoms with Gasteiger partial charge in [0, 0.05) is 23.2 Å². The number of halogens is 2. The quantitative estimate of drug-likeness (QED) is 0.873. The van der Waals surface area contributed by atoms with E-state index in [1.54, 1.807) is 6.07 Å². The van der Waals surface area contributed by atoms with Crippen LogP contribution in [-0.2, 0) is 6.54 Å². The highest BCUT2D eigenvalue weighted by Gasteiger charge is 2.29. The van der Waals surface area contributed by atoms with Crippen LogP contribution in [0.2, 0.25) is 5.02 Å². The smallest absolute Gasteiger partial charge is 0.127 e. The maximum absolute atomic E-state index is 13.5. The molecule has 1 fully saturated rings. The monoisotopic (exact) mass is 289 g/mol. The van der Waals surface area contributed by atoms with Gasteiger partial charge in [-0.3, -0.25) is 0 Å². The molecule has 0 amide bonds. The zero-order valence-electron chi connectivity index (χ0n) is 11.2. The van der Waals surface area contributed by atoms with Gasteiger partial charge < -0.3 is 5.32 Å². The minimum Gasteiger partial charge on any atom is -0.310 e. The van der Waals surface area contributed by atoms with Crippen molar-refractivity contribution in [2.24, 2.45) is 0 Å². The van der Waals surface area contributed by atoms with E-state index in [9.17, 15) is 4.39 Å². The van der Waals surface area contributed by atoms with Gasteiger partial charge in [-0.2, -0.15) is 0 Å². The second-order valence-corrected chi connectivity index (χ2v) is 5.83. The number of nitrogens with one attached hydrogen (secondary N) is 1. The first-order chi connectivity index (χ1) is 9.72. The Balaban J connectivity index is 1.50. The zero-order valence-corrected chi connectivity index (χ0v) is 11.9. The molecule has 0 bridgehead atoms. The van der Waals surface area contributed by atoms with Crippen molar-refractivity contribution in [2.45, 2.75) is 31.3 Å². The molecule has 0 heterocycles. The Morgan fingerprint density at radius 2 is 1.90 bits per heavy atom. The summed E-state index contributed by atoms with van der Waals surface area (Å²) in [4.78, 5) is 0. The maximum Gasteiger partial charge on any atom is 0.127 e. The molecule has 1 N–H and O–H groups in total. The normalized spacial score (nSPS) is 21.5. The van der Waals surface area contributed by atoms with Gasteiger partial charge in [-0.25, -0.2) is 4.39 Å². The fourth-order valence-corrected chi connectivity index (χ4v) is 2.91. The van der Waals surface area contributed by atoms with Crippen LogP contribution in [0, 0.1) is 5.82 Å². The molecule has 1 aliphatic carbocycles. The number of hydrogen-bond donors (Lipinski definition) is 1. The highest BCUT2D eigenvalue weighted by atomic mass is 35.5. The molecule has 0 atom stereocenters. The van der Waals surface area contributed by atoms with Crippen LogP contribution in [0.5, 0.6) is 0 Å². The molecule has 1 saturated carbocycles. The highest BCUT2D eigenvalue weighted by Crippen LogP contribution is 2.37. The molecule has 0 spiro atoms. The lowest BCUT2D eigenvalue weighted by Gasteiger charge is -2.36. The number of benzene rings is 2. The van der Waals surface area contributed by atoms with Crippen molar-refractivity contribution in [3.63, 3.8) is 0 Å². The Bertz CT molecular complexity index is 593. The third-order valence-corrected chi connectivity index (χ3v) is 4.23. The lowest BCUT2D eigenvalue weighted by Crippen LogP contribution is -2.39. The molecule has 0 radical (unpaired) electrons. The van der Waals surface area contributed by atoms with Crippen LogP contribution >= 0.6 is 11.6 Å². The van der Waals surface area contributed by atoms with E-state index in [1.807, 2.05) is 30.3 Å². The molecule has 0 aliphatic heterocycles. The first-order valence-corrected chi connectivity index (χ1v) is 7.32. The predicted octanol–water partition coefficient (Wildman–Crippen LogP) is 4.51. The summed E-state index contributed by atoms with van der Waals surface area (Å²) in [5.41, 5.74) is 2.04. The summed E-state index contributed by atoms with van der Waals surface area (Å²) in [6.45, 7) is 0.597. The molecule has 2 aromatic carbocycles. The molecule has 0 aromatic heterocycles. The van der Waals surface area contributed by atoms with Crippen LogP contribution < -0.4 is 5.32 Å². The Hall–Kier alpha value is -1.38. The van der Waals surface area contributed by atoms with Crippen LogP contribution in [0.4, 0.5) is 4.39 Å². The van der Waals surface area contributed by atoms with Crippen molar-refractivity contribution in [3.8, 4) is 0 Å². The van der Waals surface area contributed by atoms with Crippen molar-refractivity contribution in [1.29, 1.82) is 0 Å². The molecule has 0 saturated heterocycles. The van der Waals surface area contributed by atoms with E-state index in [1.165, 1.54) is 11.6 Å². The molecule has 1 aliphatic rings. The third-order valence-electron chi connectivity index (χ3n) is 4.00. The molecule has 104 valence electrons. The summed E-state index contributed by atoms with van der Waals surface area (Å²) in [6, 6.07) is 15.5. The van der Waals surface area contributed by atoms with Crippen LogP contribution in [0.3, 0.4) is 0 Å². The average molecular weight is 290 g/mol. The first-order valence-electron chi connectivity index (χ1n) is 6.94. The maximum atomic E-state index is 13.5. The summed E-state index contributed by atoms with van der Waals surface area (Å²) < 4.78 is 13.5. The van der Waals surface area contributed by atoms with Crippen LogP contribution in [0.25, 0.3) is 0 Å². The van der Waals surface area contributed by atoms with Crippen molar-refractivity contribution < 1.29 is 4.39 Å². The lowest BCUT2D eigenvalue weighted by atomic mass is 9.76. The standard InChI is InChI=1S/C17H17ClFN/c18-15-6-3-5-12(8-15)14-9-16(10-14)20-11-13-4-1-2-7-17(13)19/h1-8,14,16,20H,9-11H2. The molecular weight excluding hydrogens is 273 g/mol. The van der Waals surface area contributed by atoms with Gasteiger partial charge in [0.2, 0.25) is 0 Å². The molecule has 0 unspecified atom stereocenters. The van der Waals surface area contributed by atoms with Gasteiger partial charge in [-0.1, -0.05) is 41.9 Å². The number of hydrogen-bond acceptors (Lipinski definition) is 1. The first kappa shape index (κ1) is 13.6.